The van der Waals surface area contributed by atoms with Crippen molar-refractivity contribution in [2.75, 3.05) is 6.54 Å². The first kappa shape index (κ1) is 17.5. The van der Waals surface area contributed by atoms with E-state index in [9.17, 15) is 4.79 Å². The van der Waals surface area contributed by atoms with Crippen molar-refractivity contribution >= 4 is 5.91 Å². The molecule has 1 fully saturated rings. The lowest BCUT2D eigenvalue weighted by molar-refractivity contribution is -0.123. The van der Waals surface area contributed by atoms with Crippen LogP contribution in [0.5, 0.6) is 0 Å². The molecule has 0 aromatic carbocycles. The third-order valence-electron chi connectivity index (χ3n) is 4.63. The quantitative estimate of drug-likeness (QED) is 0.752. The number of hydrogen-bond donors (Lipinski definition) is 2. The smallest absolute Gasteiger partial charge is 0.220 e. The van der Waals surface area contributed by atoms with Crippen molar-refractivity contribution in [1.82, 2.24) is 5.32 Å². The summed E-state index contributed by atoms with van der Waals surface area (Å²) in [6.45, 7) is 9.55. The van der Waals surface area contributed by atoms with Gasteiger partial charge in [0.25, 0.3) is 0 Å². The van der Waals surface area contributed by atoms with E-state index in [-0.39, 0.29) is 5.91 Å². The fourth-order valence-corrected chi connectivity index (χ4v) is 3.59. The van der Waals surface area contributed by atoms with Crippen molar-refractivity contribution in [3.05, 3.63) is 0 Å². The highest BCUT2D eigenvalue weighted by Crippen LogP contribution is 2.30. The maximum atomic E-state index is 12.3. The minimum atomic E-state index is 0.207. The Morgan fingerprint density at radius 1 is 1.20 bits per heavy atom. The Bertz CT molecular complexity index is 289. The molecule has 1 aliphatic carbocycles. The molecule has 0 aromatic rings. The van der Waals surface area contributed by atoms with Gasteiger partial charge in [-0.05, 0) is 49.5 Å². The average Bonchev–Trinajstić information content (AvgIpc) is 2.37. The summed E-state index contributed by atoms with van der Waals surface area (Å²) in [6, 6.07) is 0.383. The second-order valence-electron chi connectivity index (χ2n) is 7.30. The fraction of sp³-hybridized carbons (Fsp3) is 0.941. The Morgan fingerprint density at radius 2 is 1.85 bits per heavy atom. The highest BCUT2D eigenvalue weighted by molar-refractivity contribution is 5.76. The molecule has 3 atom stereocenters. The van der Waals surface area contributed by atoms with E-state index in [0.29, 0.717) is 42.7 Å². The SMILES string of the molecule is CC(C)CC(CN)CC(=O)NC1CCCCC1C(C)C. The van der Waals surface area contributed by atoms with Gasteiger partial charge < -0.3 is 11.1 Å². The van der Waals surface area contributed by atoms with Crippen molar-refractivity contribution in [3.8, 4) is 0 Å². The molecule has 0 spiro atoms. The Labute approximate surface area is 125 Å². The van der Waals surface area contributed by atoms with Crippen LogP contribution >= 0.6 is 0 Å². The second-order valence-corrected chi connectivity index (χ2v) is 7.30. The molecule has 1 amide bonds. The zero-order chi connectivity index (χ0) is 15.1. The van der Waals surface area contributed by atoms with Crippen LogP contribution in [-0.4, -0.2) is 18.5 Å². The summed E-state index contributed by atoms with van der Waals surface area (Å²) in [5, 5.41) is 3.29. The molecule has 3 nitrogen and oxygen atoms in total. The summed E-state index contributed by atoms with van der Waals surface area (Å²) in [6.07, 6.45) is 6.60. The third-order valence-corrected chi connectivity index (χ3v) is 4.63. The standard InChI is InChI=1S/C17H34N2O/c1-12(2)9-14(11-18)10-17(20)19-16-8-6-5-7-15(16)13(3)4/h12-16H,5-11,18H2,1-4H3,(H,19,20). The zero-order valence-corrected chi connectivity index (χ0v) is 13.8. The Balaban J connectivity index is 2.46. The third kappa shape index (κ3) is 5.82. The number of hydrogen-bond acceptors (Lipinski definition) is 2. The molecule has 3 unspecified atom stereocenters. The molecule has 0 aliphatic heterocycles. The minimum absolute atomic E-state index is 0.207. The van der Waals surface area contributed by atoms with Gasteiger partial charge in [-0.15, -0.1) is 0 Å². The van der Waals surface area contributed by atoms with Crippen LogP contribution in [0, 0.1) is 23.7 Å². The molecule has 0 aromatic heterocycles. The number of carbonyl (C=O) groups excluding carboxylic acids is 1. The number of nitrogens with one attached hydrogen (secondary N) is 1. The minimum Gasteiger partial charge on any atom is -0.353 e. The van der Waals surface area contributed by atoms with Crippen LogP contribution in [0.1, 0.15) is 66.2 Å². The van der Waals surface area contributed by atoms with Gasteiger partial charge in [-0.3, -0.25) is 4.79 Å². The van der Waals surface area contributed by atoms with Gasteiger partial charge in [0.05, 0.1) is 0 Å². The van der Waals surface area contributed by atoms with Crippen molar-refractivity contribution in [2.24, 2.45) is 29.4 Å². The Morgan fingerprint density at radius 3 is 2.40 bits per heavy atom. The number of rotatable bonds is 7. The summed E-state index contributed by atoms with van der Waals surface area (Å²) in [7, 11) is 0. The van der Waals surface area contributed by atoms with Crippen molar-refractivity contribution in [3.63, 3.8) is 0 Å². The first-order valence-corrected chi connectivity index (χ1v) is 8.43. The molecule has 3 N–H and O–H groups in total. The van der Waals surface area contributed by atoms with Crippen molar-refractivity contribution in [1.29, 1.82) is 0 Å². The predicted octanol–water partition coefficient (Wildman–Crippen LogP) is 3.33. The average molecular weight is 282 g/mol. The van der Waals surface area contributed by atoms with Crippen LogP contribution in [0.25, 0.3) is 0 Å². The normalized spacial score (nSPS) is 24.9. The van der Waals surface area contributed by atoms with Crippen LogP contribution < -0.4 is 11.1 Å². The lowest BCUT2D eigenvalue weighted by atomic mass is 9.77. The van der Waals surface area contributed by atoms with Crippen molar-refractivity contribution in [2.45, 2.75) is 72.3 Å². The van der Waals surface area contributed by atoms with Crippen LogP contribution in [0.4, 0.5) is 0 Å². The summed E-state index contributed by atoms with van der Waals surface area (Å²) in [5.41, 5.74) is 5.80. The lowest BCUT2D eigenvalue weighted by Gasteiger charge is -2.35. The molecule has 1 saturated carbocycles. The summed E-state index contributed by atoms with van der Waals surface area (Å²) in [5.74, 6) is 2.44. The van der Waals surface area contributed by atoms with Gasteiger partial charge in [0, 0.05) is 12.5 Å². The monoisotopic (exact) mass is 282 g/mol. The van der Waals surface area contributed by atoms with E-state index in [4.69, 9.17) is 5.73 Å². The van der Waals surface area contributed by atoms with Gasteiger partial charge >= 0.3 is 0 Å². The lowest BCUT2D eigenvalue weighted by Crippen LogP contribution is -2.44. The van der Waals surface area contributed by atoms with Crippen LogP contribution in [0.3, 0.4) is 0 Å². The molecule has 20 heavy (non-hydrogen) atoms. The summed E-state index contributed by atoms with van der Waals surface area (Å²) >= 11 is 0. The van der Waals surface area contributed by atoms with Crippen LogP contribution in [-0.2, 0) is 4.79 Å². The van der Waals surface area contributed by atoms with Gasteiger partial charge in [-0.25, -0.2) is 0 Å². The maximum absolute atomic E-state index is 12.3. The number of nitrogens with two attached hydrogens (primary N) is 1. The van der Waals surface area contributed by atoms with Gasteiger partial charge in [0.15, 0.2) is 0 Å². The highest BCUT2D eigenvalue weighted by atomic mass is 16.1. The molecule has 118 valence electrons. The fourth-order valence-electron chi connectivity index (χ4n) is 3.59. The Kier molecular flexibility index (Phi) is 7.57. The van der Waals surface area contributed by atoms with E-state index in [1.54, 1.807) is 0 Å². The first-order chi connectivity index (χ1) is 9.43. The van der Waals surface area contributed by atoms with Crippen molar-refractivity contribution < 1.29 is 4.79 Å². The van der Waals surface area contributed by atoms with E-state index in [0.717, 1.165) is 12.8 Å². The molecule has 0 radical (unpaired) electrons. The summed E-state index contributed by atoms with van der Waals surface area (Å²) < 4.78 is 0. The largest absolute Gasteiger partial charge is 0.353 e. The van der Waals surface area contributed by atoms with E-state index in [1.807, 2.05) is 0 Å². The van der Waals surface area contributed by atoms with Crippen LogP contribution in [0.2, 0.25) is 0 Å². The molecule has 0 bridgehead atoms. The zero-order valence-electron chi connectivity index (χ0n) is 13.8. The summed E-state index contributed by atoms with van der Waals surface area (Å²) in [4.78, 5) is 12.3. The van der Waals surface area contributed by atoms with E-state index in [2.05, 4.69) is 33.0 Å². The molecule has 0 saturated heterocycles. The van der Waals surface area contributed by atoms with E-state index >= 15 is 0 Å². The molecular formula is C17H34N2O. The topological polar surface area (TPSA) is 55.1 Å². The predicted molar refractivity (Wildman–Crippen MR) is 85.3 cm³/mol. The van der Waals surface area contributed by atoms with Gasteiger partial charge in [-0.1, -0.05) is 40.5 Å². The number of amides is 1. The molecule has 3 heteroatoms. The van der Waals surface area contributed by atoms with Crippen LogP contribution in [0.15, 0.2) is 0 Å². The van der Waals surface area contributed by atoms with E-state index in [1.165, 1.54) is 19.3 Å². The maximum Gasteiger partial charge on any atom is 0.220 e. The number of carbonyl (C=O) groups is 1. The molecule has 1 aliphatic rings. The first-order valence-electron chi connectivity index (χ1n) is 8.43. The molecule has 1 rings (SSSR count). The van der Waals surface area contributed by atoms with E-state index < -0.39 is 0 Å². The molecular weight excluding hydrogens is 248 g/mol. The van der Waals surface area contributed by atoms with Gasteiger partial charge in [0.1, 0.15) is 0 Å². The highest BCUT2D eigenvalue weighted by Gasteiger charge is 2.29. The molecule has 0 heterocycles. The van der Waals surface area contributed by atoms with Gasteiger partial charge in [0.2, 0.25) is 5.91 Å². The van der Waals surface area contributed by atoms with Gasteiger partial charge in [-0.2, -0.15) is 0 Å². The Hall–Kier alpha value is -0.570. The second kappa shape index (κ2) is 8.66.